The topological polar surface area (TPSA) is 111 Å². The molecule has 0 aromatic carbocycles. The van der Waals surface area contributed by atoms with Gasteiger partial charge in [0.25, 0.3) is 5.95 Å². The molecule has 2 aromatic rings. The van der Waals surface area contributed by atoms with Gasteiger partial charge >= 0.3 is 0 Å². The molecule has 1 saturated heterocycles. The van der Waals surface area contributed by atoms with Crippen molar-refractivity contribution in [1.29, 1.82) is 0 Å². The van der Waals surface area contributed by atoms with Crippen LogP contribution in [0.4, 0.5) is 11.9 Å². The summed E-state index contributed by atoms with van der Waals surface area (Å²) in [6.07, 6.45) is 6.48. The van der Waals surface area contributed by atoms with Gasteiger partial charge in [-0.3, -0.25) is 5.43 Å². The number of nitrogens with zero attached hydrogens (tertiary/aromatic N) is 7. The highest BCUT2D eigenvalue weighted by atomic mass is 15.4. The van der Waals surface area contributed by atoms with E-state index in [1.165, 1.54) is 17.4 Å². The van der Waals surface area contributed by atoms with E-state index in [0.717, 1.165) is 19.4 Å². The molecule has 1 atom stereocenters. The summed E-state index contributed by atoms with van der Waals surface area (Å²) >= 11 is 0. The third-order valence-corrected chi connectivity index (χ3v) is 3.42. The van der Waals surface area contributed by atoms with Crippen LogP contribution in [-0.4, -0.2) is 42.3 Å². The molecule has 0 spiro atoms. The second-order valence-electron chi connectivity index (χ2n) is 4.78. The Balaban J connectivity index is 1.99. The zero-order chi connectivity index (χ0) is 13.9. The summed E-state index contributed by atoms with van der Waals surface area (Å²) in [5.74, 6) is 6.77. The van der Waals surface area contributed by atoms with Crippen molar-refractivity contribution in [1.82, 2.24) is 29.7 Å². The van der Waals surface area contributed by atoms with Crippen molar-refractivity contribution >= 4 is 11.9 Å². The van der Waals surface area contributed by atoms with Crippen molar-refractivity contribution in [3.63, 3.8) is 0 Å². The predicted molar refractivity (Wildman–Crippen MR) is 73.2 cm³/mol. The molecule has 9 heteroatoms. The molecule has 9 nitrogen and oxygen atoms in total. The second-order valence-corrected chi connectivity index (χ2v) is 4.78. The lowest BCUT2D eigenvalue weighted by Crippen LogP contribution is -2.39. The maximum absolute atomic E-state index is 5.44. The minimum absolute atomic E-state index is 0.318. The molecule has 106 valence electrons. The number of nitrogens with two attached hydrogens (primary N) is 1. The van der Waals surface area contributed by atoms with E-state index in [1.807, 2.05) is 0 Å². The summed E-state index contributed by atoms with van der Waals surface area (Å²) in [6.45, 7) is 3.11. The molecule has 3 heterocycles. The van der Waals surface area contributed by atoms with Gasteiger partial charge in [0.15, 0.2) is 0 Å². The van der Waals surface area contributed by atoms with Crippen molar-refractivity contribution in [3.8, 4) is 5.95 Å². The van der Waals surface area contributed by atoms with E-state index in [0.29, 0.717) is 23.9 Å². The molecule has 1 aliphatic rings. The molecular weight excluding hydrogens is 258 g/mol. The summed E-state index contributed by atoms with van der Waals surface area (Å²) in [5, 5.41) is 4.03. The number of hydrogen-bond donors (Lipinski definition) is 2. The highest BCUT2D eigenvalue weighted by Gasteiger charge is 2.22. The Morgan fingerprint density at radius 3 is 2.80 bits per heavy atom. The van der Waals surface area contributed by atoms with Crippen LogP contribution < -0.4 is 16.2 Å². The van der Waals surface area contributed by atoms with Crippen LogP contribution >= 0.6 is 0 Å². The maximum atomic E-state index is 5.44. The van der Waals surface area contributed by atoms with Crippen molar-refractivity contribution < 1.29 is 0 Å². The molecule has 1 unspecified atom stereocenters. The van der Waals surface area contributed by atoms with Gasteiger partial charge < -0.3 is 4.90 Å². The molecule has 3 rings (SSSR count). The zero-order valence-corrected chi connectivity index (χ0v) is 11.3. The normalized spacial score (nSPS) is 19.1. The van der Waals surface area contributed by atoms with Gasteiger partial charge in [-0.1, -0.05) is 0 Å². The number of hydrazine groups is 1. The number of hydrogen-bond acceptors (Lipinski definition) is 8. The van der Waals surface area contributed by atoms with Crippen LogP contribution in [-0.2, 0) is 0 Å². The molecule has 0 saturated carbocycles. The molecule has 1 fully saturated rings. The standard InChI is InChI=1S/C11H17N9/c1-8-4-2-3-5-19(8)10-15-9(18-12)16-11(17-10)20-7-13-6-14-20/h6-8H,2-5,12H2,1H3,(H,15,16,17,18). The number of nitrogen functional groups attached to an aromatic ring is 1. The third-order valence-electron chi connectivity index (χ3n) is 3.42. The average Bonchev–Trinajstić information content (AvgIpc) is 3.01. The van der Waals surface area contributed by atoms with Gasteiger partial charge in [-0.15, -0.1) is 0 Å². The number of piperidine rings is 1. The Morgan fingerprint density at radius 1 is 1.25 bits per heavy atom. The Kier molecular flexibility index (Phi) is 3.42. The van der Waals surface area contributed by atoms with Crippen LogP contribution in [0.5, 0.6) is 0 Å². The Bertz CT molecular complexity index is 567. The fourth-order valence-corrected chi connectivity index (χ4v) is 2.36. The number of nitrogens with one attached hydrogen (secondary N) is 1. The van der Waals surface area contributed by atoms with E-state index in [2.05, 4.69) is 42.3 Å². The van der Waals surface area contributed by atoms with Gasteiger partial charge in [0.1, 0.15) is 12.7 Å². The van der Waals surface area contributed by atoms with Crippen molar-refractivity contribution in [2.45, 2.75) is 32.2 Å². The molecule has 0 radical (unpaired) electrons. The molecule has 0 amide bonds. The highest BCUT2D eigenvalue weighted by molar-refractivity contribution is 5.40. The van der Waals surface area contributed by atoms with Gasteiger partial charge in [0.2, 0.25) is 11.9 Å². The smallest absolute Gasteiger partial charge is 0.258 e. The van der Waals surface area contributed by atoms with Crippen LogP contribution in [0.25, 0.3) is 5.95 Å². The summed E-state index contributed by atoms with van der Waals surface area (Å²) in [5.41, 5.74) is 2.47. The highest BCUT2D eigenvalue weighted by Crippen LogP contribution is 2.22. The molecule has 2 aromatic heterocycles. The van der Waals surface area contributed by atoms with Crippen LogP contribution in [0.1, 0.15) is 26.2 Å². The van der Waals surface area contributed by atoms with Gasteiger partial charge in [-0.25, -0.2) is 10.8 Å². The molecule has 0 aliphatic carbocycles. The lowest BCUT2D eigenvalue weighted by Gasteiger charge is -2.33. The average molecular weight is 275 g/mol. The minimum Gasteiger partial charge on any atom is -0.338 e. The molecular formula is C11H17N9. The largest absolute Gasteiger partial charge is 0.338 e. The molecule has 20 heavy (non-hydrogen) atoms. The van der Waals surface area contributed by atoms with E-state index >= 15 is 0 Å². The Morgan fingerprint density at radius 2 is 2.10 bits per heavy atom. The zero-order valence-electron chi connectivity index (χ0n) is 11.3. The third kappa shape index (κ3) is 2.39. The Hall–Kier alpha value is -2.29. The molecule has 3 N–H and O–H groups in total. The summed E-state index contributed by atoms with van der Waals surface area (Å²) in [6, 6.07) is 0.403. The van der Waals surface area contributed by atoms with Gasteiger partial charge in [-0.2, -0.15) is 24.7 Å². The lowest BCUT2D eigenvalue weighted by molar-refractivity contribution is 0.476. The van der Waals surface area contributed by atoms with Crippen molar-refractivity contribution in [3.05, 3.63) is 12.7 Å². The number of rotatable bonds is 3. The summed E-state index contributed by atoms with van der Waals surface area (Å²) < 4.78 is 1.49. The summed E-state index contributed by atoms with van der Waals surface area (Å²) in [4.78, 5) is 19.1. The maximum Gasteiger partial charge on any atom is 0.258 e. The van der Waals surface area contributed by atoms with E-state index < -0.39 is 0 Å². The van der Waals surface area contributed by atoms with Gasteiger partial charge in [-0.05, 0) is 26.2 Å². The molecule has 1 aliphatic heterocycles. The summed E-state index contributed by atoms with van der Waals surface area (Å²) in [7, 11) is 0. The first-order valence-corrected chi connectivity index (χ1v) is 6.62. The van der Waals surface area contributed by atoms with Crippen molar-refractivity contribution in [2.75, 3.05) is 16.9 Å². The van der Waals surface area contributed by atoms with Crippen LogP contribution in [0.2, 0.25) is 0 Å². The van der Waals surface area contributed by atoms with E-state index in [9.17, 15) is 0 Å². The van der Waals surface area contributed by atoms with Crippen LogP contribution in [0, 0.1) is 0 Å². The van der Waals surface area contributed by atoms with Crippen molar-refractivity contribution in [2.24, 2.45) is 5.84 Å². The first kappa shape index (κ1) is 12.7. The first-order chi connectivity index (χ1) is 9.78. The fourth-order valence-electron chi connectivity index (χ4n) is 2.36. The van der Waals surface area contributed by atoms with E-state index in [4.69, 9.17) is 5.84 Å². The van der Waals surface area contributed by atoms with Gasteiger partial charge in [0.05, 0.1) is 0 Å². The van der Waals surface area contributed by atoms with Gasteiger partial charge in [0, 0.05) is 12.6 Å². The number of anilines is 2. The SMILES string of the molecule is CC1CCCCN1c1nc(NN)nc(-n2cncn2)n1. The Labute approximate surface area is 116 Å². The fraction of sp³-hybridized carbons (Fsp3) is 0.545. The minimum atomic E-state index is 0.318. The molecule has 0 bridgehead atoms. The predicted octanol–water partition coefficient (Wildman–Crippen LogP) is 0.117. The quantitative estimate of drug-likeness (QED) is 0.600. The monoisotopic (exact) mass is 275 g/mol. The second kappa shape index (κ2) is 5.37. The van der Waals surface area contributed by atoms with Crippen LogP contribution in [0.3, 0.4) is 0 Å². The first-order valence-electron chi connectivity index (χ1n) is 6.62. The number of aromatic nitrogens is 6. The van der Waals surface area contributed by atoms with E-state index in [1.54, 1.807) is 6.33 Å². The van der Waals surface area contributed by atoms with Crippen LogP contribution in [0.15, 0.2) is 12.7 Å². The lowest BCUT2D eigenvalue weighted by atomic mass is 10.0. The van der Waals surface area contributed by atoms with E-state index in [-0.39, 0.29) is 0 Å².